The third-order valence-electron chi connectivity index (χ3n) is 2.04. The van der Waals surface area contributed by atoms with Gasteiger partial charge in [-0.15, -0.1) is 0 Å². The number of sulfonamides is 1. The van der Waals surface area contributed by atoms with Gasteiger partial charge >= 0.3 is 0 Å². The van der Waals surface area contributed by atoms with Crippen LogP contribution in [0.2, 0.25) is 0 Å². The van der Waals surface area contributed by atoms with E-state index in [1.54, 1.807) is 14.0 Å². The Morgan fingerprint density at radius 3 is 2.82 bits per heavy atom. The largest absolute Gasteiger partial charge is 0.364 e. The van der Waals surface area contributed by atoms with Crippen LogP contribution in [0.4, 0.5) is 5.82 Å². The first kappa shape index (κ1) is 13.7. The Labute approximate surface area is 99.9 Å². The van der Waals surface area contributed by atoms with Crippen molar-refractivity contribution in [1.29, 1.82) is 0 Å². The molecule has 1 aromatic heterocycles. The van der Waals surface area contributed by atoms with Crippen molar-refractivity contribution in [2.24, 2.45) is 7.05 Å². The van der Waals surface area contributed by atoms with Gasteiger partial charge in [0.2, 0.25) is 10.0 Å². The minimum atomic E-state index is -3.27. The van der Waals surface area contributed by atoms with Crippen LogP contribution in [0.3, 0.4) is 0 Å². The fourth-order valence-corrected chi connectivity index (χ4v) is 2.17. The fraction of sp³-hybridized carbons (Fsp3) is 0.556. The highest BCUT2D eigenvalue weighted by Gasteiger charge is 2.08. The van der Waals surface area contributed by atoms with E-state index < -0.39 is 10.0 Å². The number of hydrogen-bond acceptors (Lipinski definition) is 5. The molecule has 0 aliphatic rings. The molecule has 0 spiro atoms. The molecule has 0 aliphatic carbocycles. The van der Waals surface area contributed by atoms with Crippen LogP contribution >= 0.6 is 0 Å². The molecule has 8 heteroatoms. The zero-order valence-electron chi connectivity index (χ0n) is 9.80. The van der Waals surface area contributed by atoms with E-state index in [9.17, 15) is 13.2 Å². The first-order valence-electron chi connectivity index (χ1n) is 5.19. The van der Waals surface area contributed by atoms with Crippen LogP contribution in [0.1, 0.15) is 6.92 Å². The molecule has 1 aromatic rings. The number of anilines is 1. The molecule has 0 unspecified atom stereocenters. The molecule has 0 saturated heterocycles. The number of aromatic nitrogens is 2. The summed E-state index contributed by atoms with van der Waals surface area (Å²) in [6.45, 7) is 2.20. The Morgan fingerprint density at radius 1 is 1.47 bits per heavy atom. The number of rotatable bonds is 6. The highest BCUT2D eigenvalue weighted by molar-refractivity contribution is 7.89. The monoisotopic (exact) mass is 260 g/mol. The molecule has 0 bridgehead atoms. The van der Waals surface area contributed by atoms with Crippen molar-refractivity contribution in [3.8, 4) is 0 Å². The summed E-state index contributed by atoms with van der Waals surface area (Å²) in [5, 5.41) is 2.70. The summed E-state index contributed by atoms with van der Waals surface area (Å²) in [5.41, 5.74) is -0.284. The topological polar surface area (TPSA) is 93.1 Å². The van der Waals surface area contributed by atoms with Crippen molar-refractivity contribution >= 4 is 15.8 Å². The predicted molar refractivity (Wildman–Crippen MR) is 65.4 cm³/mol. The lowest BCUT2D eigenvalue weighted by atomic mass is 10.6. The van der Waals surface area contributed by atoms with Crippen molar-refractivity contribution in [3.63, 3.8) is 0 Å². The van der Waals surface area contributed by atoms with Crippen LogP contribution in [0.15, 0.2) is 17.2 Å². The Hall–Kier alpha value is -1.41. The Morgan fingerprint density at radius 2 is 2.18 bits per heavy atom. The van der Waals surface area contributed by atoms with Gasteiger partial charge in [-0.3, -0.25) is 4.79 Å². The lowest BCUT2D eigenvalue weighted by molar-refractivity contribution is 0.584. The molecule has 1 rings (SSSR count). The Bertz CT molecular complexity index is 523. The third kappa shape index (κ3) is 4.16. The van der Waals surface area contributed by atoms with Crippen molar-refractivity contribution in [2.45, 2.75) is 6.92 Å². The standard InChI is InChI=1S/C9H16N4O3S/c1-3-12-17(15,16)7-5-11-8-9(14)13(2)6-4-10-8/h4,6,12H,3,5,7H2,1-2H3,(H,10,11). The number of aryl methyl sites for hydroxylation is 1. The minimum absolute atomic E-state index is 0.0967. The van der Waals surface area contributed by atoms with Gasteiger partial charge in [0.15, 0.2) is 5.82 Å². The smallest absolute Gasteiger partial charge is 0.293 e. The average Bonchev–Trinajstić information content (AvgIpc) is 2.24. The molecule has 2 N–H and O–H groups in total. The molecule has 0 radical (unpaired) electrons. The normalized spacial score (nSPS) is 11.4. The number of nitrogens with zero attached hydrogens (tertiary/aromatic N) is 2. The summed E-state index contributed by atoms with van der Waals surface area (Å²) in [6.07, 6.45) is 3.01. The van der Waals surface area contributed by atoms with Crippen molar-refractivity contribution in [2.75, 3.05) is 24.2 Å². The van der Waals surface area contributed by atoms with E-state index in [4.69, 9.17) is 0 Å². The molecular weight excluding hydrogens is 244 g/mol. The SMILES string of the molecule is CCNS(=O)(=O)CCNc1nccn(C)c1=O. The van der Waals surface area contributed by atoms with Crippen LogP contribution in [0.5, 0.6) is 0 Å². The zero-order chi connectivity index (χ0) is 12.9. The molecule has 0 amide bonds. The van der Waals surface area contributed by atoms with E-state index >= 15 is 0 Å². The molecule has 17 heavy (non-hydrogen) atoms. The zero-order valence-corrected chi connectivity index (χ0v) is 10.6. The molecule has 1 heterocycles. The van der Waals surface area contributed by atoms with Crippen molar-refractivity contribution in [3.05, 3.63) is 22.7 Å². The quantitative estimate of drug-likeness (QED) is 0.693. The van der Waals surface area contributed by atoms with Gasteiger partial charge < -0.3 is 9.88 Å². The maximum Gasteiger partial charge on any atom is 0.293 e. The van der Waals surface area contributed by atoms with Gasteiger partial charge in [-0.05, 0) is 0 Å². The second kappa shape index (κ2) is 5.78. The Kier molecular flexibility index (Phi) is 4.64. The predicted octanol–water partition coefficient (Wildman–Crippen LogP) is -0.868. The van der Waals surface area contributed by atoms with Gasteiger partial charge in [-0.1, -0.05) is 6.92 Å². The van der Waals surface area contributed by atoms with Crippen LogP contribution < -0.4 is 15.6 Å². The highest BCUT2D eigenvalue weighted by atomic mass is 32.2. The van der Waals surface area contributed by atoms with Gasteiger partial charge in [0.1, 0.15) is 0 Å². The van der Waals surface area contributed by atoms with E-state index in [0.717, 1.165) is 0 Å². The summed E-state index contributed by atoms with van der Waals surface area (Å²) in [6, 6.07) is 0. The third-order valence-corrected chi connectivity index (χ3v) is 3.51. The van der Waals surface area contributed by atoms with Gasteiger partial charge in [0.25, 0.3) is 5.56 Å². The van der Waals surface area contributed by atoms with Crippen LogP contribution in [0.25, 0.3) is 0 Å². The van der Waals surface area contributed by atoms with Crippen molar-refractivity contribution in [1.82, 2.24) is 14.3 Å². The van der Waals surface area contributed by atoms with E-state index in [1.807, 2.05) is 0 Å². The summed E-state index contributed by atoms with van der Waals surface area (Å²) in [5.74, 6) is 0.0577. The Balaban J connectivity index is 2.58. The summed E-state index contributed by atoms with van der Waals surface area (Å²) in [7, 11) is -1.67. The number of nitrogens with one attached hydrogen (secondary N) is 2. The molecule has 0 aliphatic heterocycles. The first-order chi connectivity index (χ1) is 7.96. The maximum atomic E-state index is 11.5. The van der Waals surface area contributed by atoms with E-state index in [2.05, 4.69) is 15.0 Å². The van der Waals surface area contributed by atoms with Crippen LogP contribution in [0, 0.1) is 0 Å². The first-order valence-corrected chi connectivity index (χ1v) is 6.84. The summed E-state index contributed by atoms with van der Waals surface area (Å²) >= 11 is 0. The average molecular weight is 260 g/mol. The summed E-state index contributed by atoms with van der Waals surface area (Å²) in [4.78, 5) is 15.4. The fourth-order valence-electron chi connectivity index (χ4n) is 1.21. The molecule has 96 valence electrons. The molecule has 7 nitrogen and oxygen atoms in total. The molecule has 0 saturated carbocycles. The highest BCUT2D eigenvalue weighted by Crippen LogP contribution is 1.92. The summed E-state index contributed by atoms with van der Waals surface area (Å²) < 4.78 is 26.4. The maximum absolute atomic E-state index is 11.5. The lowest BCUT2D eigenvalue weighted by Crippen LogP contribution is -2.30. The van der Waals surface area contributed by atoms with Gasteiger partial charge in [0.05, 0.1) is 5.75 Å². The van der Waals surface area contributed by atoms with Crippen LogP contribution in [-0.4, -0.2) is 36.8 Å². The molecule has 0 fully saturated rings. The van der Waals surface area contributed by atoms with Gasteiger partial charge in [0, 0.05) is 32.5 Å². The molecular formula is C9H16N4O3S. The van der Waals surface area contributed by atoms with E-state index in [-0.39, 0.29) is 23.7 Å². The van der Waals surface area contributed by atoms with Gasteiger partial charge in [-0.25, -0.2) is 18.1 Å². The van der Waals surface area contributed by atoms with Crippen molar-refractivity contribution < 1.29 is 8.42 Å². The second-order valence-electron chi connectivity index (χ2n) is 3.44. The minimum Gasteiger partial charge on any atom is -0.364 e. The van der Waals surface area contributed by atoms with Crippen LogP contribution in [-0.2, 0) is 17.1 Å². The molecule has 0 aromatic carbocycles. The molecule has 0 atom stereocenters. The second-order valence-corrected chi connectivity index (χ2v) is 5.36. The number of hydrogen-bond donors (Lipinski definition) is 2. The lowest BCUT2D eigenvalue weighted by Gasteiger charge is -2.07. The van der Waals surface area contributed by atoms with E-state index in [0.29, 0.717) is 6.54 Å². The van der Waals surface area contributed by atoms with Gasteiger partial charge in [-0.2, -0.15) is 0 Å². The van der Waals surface area contributed by atoms with E-state index in [1.165, 1.54) is 17.0 Å².